The van der Waals surface area contributed by atoms with Crippen LogP contribution >= 0.6 is 0 Å². The summed E-state index contributed by atoms with van der Waals surface area (Å²) in [5.41, 5.74) is 6.65. The lowest BCUT2D eigenvalue weighted by Gasteiger charge is -2.26. The minimum Gasteiger partial charge on any atom is -0.493 e. The maximum absolute atomic E-state index is 10.7. The molecule has 2 rings (SSSR count). The Morgan fingerprint density at radius 3 is 3.06 bits per heavy atom. The zero-order valence-electron chi connectivity index (χ0n) is 8.93. The van der Waals surface area contributed by atoms with E-state index in [4.69, 9.17) is 15.6 Å². The first-order valence-corrected chi connectivity index (χ1v) is 5.36. The Morgan fingerprint density at radius 1 is 1.56 bits per heavy atom. The first-order chi connectivity index (χ1) is 7.66. The molecule has 1 aromatic rings. The SMILES string of the molecule is NC(CC1COc2ccccc2C1)C(=O)O. The van der Waals surface area contributed by atoms with Gasteiger partial charge in [-0.15, -0.1) is 0 Å². The number of rotatable bonds is 3. The molecule has 0 aromatic heterocycles. The number of hydrogen-bond donors (Lipinski definition) is 2. The molecule has 0 spiro atoms. The highest BCUT2D eigenvalue weighted by Crippen LogP contribution is 2.28. The van der Waals surface area contributed by atoms with Crippen molar-refractivity contribution in [1.29, 1.82) is 0 Å². The molecule has 16 heavy (non-hydrogen) atoms. The van der Waals surface area contributed by atoms with E-state index in [1.807, 2.05) is 24.3 Å². The summed E-state index contributed by atoms with van der Waals surface area (Å²) in [7, 11) is 0. The minimum absolute atomic E-state index is 0.195. The monoisotopic (exact) mass is 221 g/mol. The molecule has 0 aliphatic carbocycles. The van der Waals surface area contributed by atoms with Gasteiger partial charge in [0.1, 0.15) is 11.8 Å². The van der Waals surface area contributed by atoms with Gasteiger partial charge in [-0.05, 0) is 30.4 Å². The van der Waals surface area contributed by atoms with Gasteiger partial charge in [0.15, 0.2) is 0 Å². The largest absolute Gasteiger partial charge is 0.493 e. The fourth-order valence-corrected chi connectivity index (χ4v) is 2.00. The van der Waals surface area contributed by atoms with Crippen LogP contribution in [0.5, 0.6) is 5.75 Å². The van der Waals surface area contributed by atoms with Gasteiger partial charge >= 0.3 is 5.97 Å². The van der Waals surface area contributed by atoms with E-state index in [9.17, 15) is 4.79 Å². The zero-order valence-corrected chi connectivity index (χ0v) is 8.93. The van der Waals surface area contributed by atoms with Crippen LogP contribution in [0.2, 0.25) is 0 Å². The number of fused-ring (bicyclic) bond motifs is 1. The number of carboxylic acids is 1. The number of para-hydroxylation sites is 1. The maximum Gasteiger partial charge on any atom is 0.320 e. The van der Waals surface area contributed by atoms with Gasteiger partial charge in [0.05, 0.1) is 6.61 Å². The van der Waals surface area contributed by atoms with Crippen molar-refractivity contribution in [1.82, 2.24) is 0 Å². The Morgan fingerprint density at radius 2 is 2.31 bits per heavy atom. The van der Waals surface area contributed by atoms with E-state index in [-0.39, 0.29) is 5.92 Å². The van der Waals surface area contributed by atoms with Crippen LogP contribution in [-0.2, 0) is 11.2 Å². The molecule has 0 radical (unpaired) electrons. The average molecular weight is 221 g/mol. The van der Waals surface area contributed by atoms with Crippen LogP contribution in [0, 0.1) is 5.92 Å². The number of hydrogen-bond acceptors (Lipinski definition) is 3. The van der Waals surface area contributed by atoms with E-state index in [2.05, 4.69) is 0 Å². The second-order valence-electron chi connectivity index (χ2n) is 4.17. The minimum atomic E-state index is -0.946. The summed E-state index contributed by atoms with van der Waals surface area (Å²) in [4.78, 5) is 10.7. The molecule has 1 aliphatic heterocycles. The number of aliphatic carboxylic acids is 1. The molecule has 3 N–H and O–H groups in total. The van der Waals surface area contributed by atoms with Crippen molar-refractivity contribution in [3.63, 3.8) is 0 Å². The highest BCUT2D eigenvalue weighted by Gasteiger charge is 2.24. The van der Waals surface area contributed by atoms with Crippen molar-refractivity contribution in [3.8, 4) is 5.75 Å². The fraction of sp³-hybridized carbons (Fsp3) is 0.417. The Hall–Kier alpha value is -1.55. The Bertz CT molecular complexity index is 392. The van der Waals surface area contributed by atoms with Crippen molar-refractivity contribution in [3.05, 3.63) is 29.8 Å². The molecule has 0 fully saturated rings. The van der Waals surface area contributed by atoms with Crippen molar-refractivity contribution in [2.24, 2.45) is 11.7 Å². The van der Waals surface area contributed by atoms with Crippen molar-refractivity contribution in [2.45, 2.75) is 18.9 Å². The topological polar surface area (TPSA) is 72.5 Å². The Labute approximate surface area is 94.0 Å². The third-order valence-electron chi connectivity index (χ3n) is 2.86. The van der Waals surface area contributed by atoms with Crippen molar-refractivity contribution >= 4 is 5.97 Å². The first kappa shape index (κ1) is 11.0. The van der Waals surface area contributed by atoms with Crippen LogP contribution in [-0.4, -0.2) is 23.7 Å². The molecule has 4 heteroatoms. The lowest BCUT2D eigenvalue weighted by atomic mass is 9.91. The Balaban J connectivity index is 2.00. The van der Waals surface area contributed by atoms with Crippen LogP contribution in [0.3, 0.4) is 0 Å². The van der Waals surface area contributed by atoms with Crippen molar-refractivity contribution < 1.29 is 14.6 Å². The van der Waals surface area contributed by atoms with Crippen LogP contribution < -0.4 is 10.5 Å². The number of carboxylic acid groups (broad SMARTS) is 1. The second-order valence-corrected chi connectivity index (χ2v) is 4.17. The molecule has 0 saturated carbocycles. The molecule has 0 amide bonds. The summed E-state index contributed by atoms with van der Waals surface area (Å²) in [6, 6.07) is 7.04. The highest BCUT2D eigenvalue weighted by molar-refractivity contribution is 5.73. The van der Waals surface area contributed by atoms with Crippen LogP contribution in [0.4, 0.5) is 0 Å². The molecule has 4 nitrogen and oxygen atoms in total. The summed E-state index contributed by atoms with van der Waals surface area (Å²) >= 11 is 0. The van der Waals surface area contributed by atoms with Gasteiger partial charge in [0.2, 0.25) is 0 Å². The summed E-state index contributed by atoms with van der Waals surface area (Å²) in [6.07, 6.45) is 1.31. The number of nitrogens with two attached hydrogens (primary N) is 1. The lowest BCUT2D eigenvalue weighted by molar-refractivity contribution is -0.139. The average Bonchev–Trinajstić information content (AvgIpc) is 2.28. The molecule has 1 aromatic carbocycles. The van der Waals surface area contributed by atoms with E-state index >= 15 is 0 Å². The summed E-state index contributed by atoms with van der Waals surface area (Å²) in [5.74, 6) is 0.155. The van der Waals surface area contributed by atoms with Gasteiger partial charge in [-0.1, -0.05) is 18.2 Å². The molecule has 0 saturated heterocycles. The van der Waals surface area contributed by atoms with E-state index in [1.54, 1.807) is 0 Å². The van der Waals surface area contributed by atoms with E-state index in [0.29, 0.717) is 13.0 Å². The molecule has 1 heterocycles. The van der Waals surface area contributed by atoms with Crippen LogP contribution in [0.1, 0.15) is 12.0 Å². The predicted octanol–water partition coefficient (Wildman–Crippen LogP) is 1.04. The number of carbonyl (C=O) groups is 1. The van der Waals surface area contributed by atoms with Gasteiger partial charge in [-0.3, -0.25) is 4.79 Å². The van der Waals surface area contributed by atoms with E-state index in [0.717, 1.165) is 17.7 Å². The van der Waals surface area contributed by atoms with Gasteiger partial charge in [-0.2, -0.15) is 0 Å². The molecule has 1 aliphatic rings. The molecular weight excluding hydrogens is 206 g/mol. The number of ether oxygens (including phenoxy) is 1. The normalized spacial score (nSPS) is 20.7. The highest BCUT2D eigenvalue weighted by atomic mass is 16.5. The molecule has 2 unspecified atom stereocenters. The quantitative estimate of drug-likeness (QED) is 0.799. The summed E-state index contributed by atoms with van der Waals surface area (Å²) < 4.78 is 5.57. The second kappa shape index (κ2) is 4.53. The maximum atomic E-state index is 10.7. The zero-order chi connectivity index (χ0) is 11.5. The fourth-order valence-electron chi connectivity index (χ4n) is 2.00. The summed E-state index contributed by atoms with van der Waals surface area (Å²) in [5, 5.41) is 8.74. The first-order valence-electron chi connectivity index (χ1n) is 5.36. The van der Waals surface area contributed by atoms with Gasteiger partial charge in [-0.25, -0.2) is 0 Å². The standard InChI is InChI=1S/C12H15NO3/c13-10(12(14)15)6-8-5-9-3-1-2-4-11(9)16-7-8/h1-4,8,10H,5-7,13H2,(H,14,15). The third kappa shape index (κ3) is 2.33. The van der Waals surface area contributed by atoms with Gasteiger partial charge < -0.3 is 15.6 Å². The van der Waals surface area contributed by atoms with Crippen LogP contribution in [0.15, 0.2) is 24.3 Å². The van der Waals surface area contributed by atoms with Gasteiger partial charge in [0.25, 0.3) is 0 Å². The molecule has 86 valence electrons. The van der Waals surface area contributed by atoms with Crippen LogP contribution in [0.25, 0.3) is 0 Å². The smallest absolute Gasteiger partial charge is 0.320 e. The van der Waals surface area contributed by atoms with E-state index < -0.39 is 12.0 Å². The Kier molecular flexibility index (Phi) is 3.10. The lowest BCUT2D eigenvalue weighted by Crippen LogP contribution is -2.35. The summed E-state index contributed by atoms with van der Waals surface area (Å²) in [6.45, 7) is 0.554. The van der Waals surface area contributed by atoms with E-state index in [1.165, 1.54) is 0 Å². The number of benzene rings is 1. The predicted molar refractivity (Wildman–Crippen MR) is 59.4 cm³/mol. The van der Waals surface area contributed by atoms with Gasteiger partial charge in [0, 0.05) is 0 Å². The van der Waals surface area contributed by atoms with Crippen molar-refractivity contribution in [2.75, 3.05) is 6.61 Å². The third-order valence-corrected chi connectivity index (χ3v) is 2.86. The molecule has 0 bridgehead atoms. The molecule has 2 atom stereocenters. The molecular formula is C12H15NO3.